The molecule has 1 heterocycles. The molecular weight excluding hydrogens is 174 g/mol. The SMILES string of the molecule is O=Cc1cc2cc[nH]c2cc1Cl. The van der Waals surface area contributed by atoms with Gasteiger partial charge >= 0.3 is 0 Å². The molecule has 60 valence electrons. The summed E-state index contributed by atoms with van der Waals surface area (Å²) >= 11 is 5.81. The van der Waals surface area contributed by atoms with Crippen molar-refractivity contribution in [3.63, 3.8) is 0 Å². The fraction of sp³-hybridized carbons (Fsp3) is 0. The van der Waals surface area contributed by atoms with Gasteiger partial charge in [-0.1, -0.05) is 11.6 Å². The van der Waals surface area contributed by atoms with E-state index in [-0.39, 0.29) is 0 Å². The number of aromatic nitrogens is 1. The van der Waals surface area contributed by atoms with Crippen LogP contribution in [0.2, 0.25) is 5.02 Å². The van der Waals surface area contributed by atoms with Crippen molar-refractivity contribution in [2.45, 2.75) is 0 Å². The first-order chi connectivity index (χ1) is 5.81. The van der Waals surface area contributed by atoms with Crippen molar-refractivity contribution >= 4 is 28.8 Å². The highest BCUT2D eigenvalue weighted by atomic mass is 35.5. The molecule has 1 aromatic heterocycles. The minimum Gasteiger partial charge on any atom is -0.361 e. The molecule has 0 saturated heterocycles. The summed E-state index contributed by atoms with van der Waals surface area (Å²) in [5.74, 6) is 0. The van der Waals surface area contributed by atoms with Gasteiger partial charge in [-0.25, -0.2) is 0 Å². The molecule has 0 amide bonds. The van der Waals surface area contributed by atoms with Gasteiger partial charge in [-0.3, -0.25) is 4.79 Å². The van der Waals surface area contributed by atoms with E-state index >= 15 is 0 Å². The summed E-state index contributed by atoms with van der Waals surface area (Å²) in [6.07, 6.45) is 2.57. The Morgan fingerprint density at radius 1 is 1.42 bits per heavy atom. The summed E-state index contributed by atoms with van der Waals surface area (Å²) in [6.45, 7) is 0. The van der Waals surface area contributed by atoms with Crippen LogP contribution < -0.4 is 0 Å². The van der Waals surface area contributed by atoms with E-state index in [9.17, 15) is 4.79 Å². The summed E-state index contributed by atoms with van der Waals surface area (Å²) in [6, 6.07) is 5.42. The average molecular weight is 180 g/mol. The van der Waals surface area contributed by atoms with Crippen molar-refractivity contribution < 1.29 is 4.79 Å². The lowest BCUT2D eigenvalue weighted by molar-refractivity contribution is 0.112. The van der Waals surface area contributed by atoms with Crippen LogP contribution in [0.5, 0.6) is 0 Å². The summed E-state index contributed by atoms with van der Waals surface area (Å²) in [5.41, 5.74) is 1.48. The Morgan fingerprint density at radius 3 is 3.00 bits per heavy atom. The van der Waals surface area contributed by atoms with E-state index in [1.165, 1.54) is 0 Å². The highest BCUT2D eigenvalue weighted by Gasteiger charge is 2.01. The van der Waals surface area contributed by atoms with E-state index in [1.54, 1.807) is 12.1 Å². The molecule has 0 aliphatic carbocycles. The van der Waals surface area contributed by atoms with E-state index in [0.29, 0.717) is 10.6 Å². The first kappa shape index (κ1) is 7.37. The van der Waals surface area contributed by atoms with Gasteiger partial charge in [0, 0.05) is 22.7 Å². The Kier molecular flexibility index (Phi) is 1.62. The van der Waals surface area contributed by atoms with Crippen LogP contribution in [0.15, 0.2) is 24.4 Å². The molecule has 0 bridgehead atoms. The molecule has 0 unspecified atom stereocenters. The molecule has 1 N–H and O–H groups in total. The lowest BCUT2D eigenvalue weighted by Gasteiger charge is -1.95. The third-order valence-electron chi connectivity index (χ3n) is 1.80. The van der Waals surface area contributed by atoms with Crippen LogP contribution in [-0.2, 0) is 0 Å². The van der Waals surface area contributed by atoms with Crippen LogP contribution in [-0.4, -0.2) is 11.3 Å². The first-order valence-corrected chi connectivity index (χ1v) is 3.91. The number of hydrogen-bond acceptors (Lipinski definition) is 1. The zero-order chi connectivity index (χ0) is 8.55. The molecule has 0 fully saturated rings. The maximum Gasteiger partial charge on any atom is 0.151 e. The van der Waals surface area contributed by atoms with E-state index in [2.05, 4.69) is 4.98 Å². The summed E-state index contributed by atoms with van der Waals surface area (Å²) < 4.78 is 0. The monoisotopic (exact) mass is 179 g/mol. The Morgan fingerprint density at radius 2 is 2.25 bits per heavy atom. The molecular formula is C9H6ClNO. The number of H-pyrrole nitrogens is 1. The standard InChI is InChI=1S/C9H6ClNO/c10-8-4-9-6(1-2-11-9)3-7(8)5-12/h1-5,11H. The maximum atomic E-state index is 10.5. The normalized spacial score (nSPS) is 10.4. The molecule has 0 atom stereocenters. The fourth-order valence-electron chi connectivity index (χ4n) is 1.18. The Hall–Kier alpha value is -1.28. The van der Waals surface area contributed by atoms with Crippen LogP contribution in [0.3, 0.4) is 0 Å². The molecule has 12 heavy (non-hydrogen) atoms. The first-order valence-electron chi connectivity index (χ1n) is 3.53. The predicted molar refractivity (Wildman–Crippen MR) is 48.7 cm³/mol. The molecule has 0 spiro atoms. The minimum atomic E-state index is 0.486. The second-order valence-corrected chi connectivity index (χ2v) is 2.96. The number of hydrogen-bond donors (Lipinski definition) is 1. The van der Waals surface area contributed by atoms with Gasteiger partial charge in [-0.05, 0) is 18.2 Å². The lowest BCUT2D eigenvalue weighted by atomic mass is 10.2. The van der Waals surface area contributed by atoms with E-state index in [4.69, 9.17) is 11.6 Å². The number of fused-ring (bicyclic) bond motifs is 1. The van der Waals surface area contributed by atoms with E-state index in [0.717, 1.165) is 17.2 Å². The molecule has 0 radical (unpaired) electrons. The Labute approximate surface area is 74.2 Å². The van der Waals surface area contributed by atoms with E-state index in [1.807, 2.05) is 12.3 Å². The van der Waals surface area contributed by atoms with Crippen molar-refractivity contribution in [3.05, 3.63) is 35.0 Å². The number of aldehydes is 1. The molecule has 0 aliphatic rings. The van der Waals surface area contributed by atoms with Crippen molar-refractivity contribution in [1.82, 2.24) is 4.98 Å². The number of carbonyl (C=O) groups excluding carboxylic acids is 1. The van der Waals surface area contributed by atoms with Gasteiger partial charge in [-0.2, -0.15) is 0 Å². The molecule has 2 rings (SSSR count). The van der Waals surface area contributed by atoms with Crippen LogP contribution in [0.4, 0.5) is 0 Å². The van der Waals surface area contributed by atoms with Gasteiger partial charge in [0.2, 0.25) is 0 Å². The van der Waals surface area contributed by atoms with Gasteiger partial charge in [0.05, 0.1) is 5.02 Å². The molecule has 2 nitrogen and oxygen atoms in total. The highest BCUT2D eigenvalue weighted by Crippen LogP contribution is 2.21. The molecule has 0 aliphatic heterocycles. The summed E-state index contributed by atoms with van der Waals surface area (Å²) in [4.78, 5) is 13.5. The van der Waals surface area contributed by atoms with Gasteiger partial charge in [0.1, 0.15) is 0 Å². The number of aromatic amines is 1. The third-order valence-corrected chi connectivity index (χ3v) is 2.12. The van der Waals surface area contributed by atoms with Crippen LogP contribution >= 0.6 is 11.6 Å². The zero-order valence-corrected chi connectivity index (χ0v) is 6.93. The van der Waals surface area contributed by atoms with Crippen molar-refractivity contribution in [2.75, 3.05) is 0 Å². The lowest BCUT2D eigenvalue weighted by Crippen LogP contribution is -1.80. The highest BCUT2D eigenvalue weighted by molar-refractivity contribution is 6.33. The third kappa shape index (κ3) is 1.01. The van der Waals surface area contributed by atoms with Crippen molar-refractivity contribution in [1.29, 1.82) is 0 Å². The quantitative estimate of drug-likeness (QED) is 0.671. The maximum absolute atomic E-state index is 10.5. The van der Waals surface area contributed by atoms with Crippen molar-refractivity contribution in [2.24, 2.45) is 0 Å². The van der Waals surface area contributed by atoms with Gasteiger partial charge < -0.3 is 4.98 Å². The molecule has 2 aromatic rings. The molecule has 0 saturated carbocycles. The topological polar surface area (TPSA) is 32.9 Å². The van der Waals surface area contributed by atoms with Gasteiger partial charge in [0.15, 0.2) is 6.29 Å². The van der Waals surface area contributed by atoms with E-state index < -0.39 is 0 Å². The second kappa shape index (κ2) is 2.64. The van der Waals surface area contributed by atoms with Crippen LogP contribution in [0.1, 0.15) is 10.4 Å². The van der Waals surface area contributed by atoms with Gasteiger partial charge in [-0.15, -0.1) is 0 Å². The number of nitrogens with one attached hydrogen (secondary N) is 1. The van der Waals surface area contributed by atoms with Gasteiger partial charge in [0.25, 0.3) is 0 Å². The smallest absolute Gasteiger partial charge is 0.151 e. The second-order valence-electron chi connectivity index (χ2n) is 2.56. The number of benzene rings is 1. The zero-order valence-electron chi connectivity index (χ0n) is 6.17. The Balaban J connectivity index is 2.81. The average Bonchev–Trinajstić information content (AvgIpc) is 2.49. The predicted octanol–water partition coefficient (Wildman–Crippen LogP) is 2.63. The Bertz CT molecular complexity index is 433. The minimum absolute atomic E-state index is 0.486. The number of halogens is 1. The summed E-state index contributed by atoms with van der Waals surface area (Å²) in [5, 5.41) is 1.49. The van der Waals surface area contributed by atoms with Crippen LogP contribution in [0, 0.1) is 0 Å². The molecule has 3 heteroatoms. The molecule has 1 aromatic carbocycles. The summed E-state index contributed by atoms with van der Waals surface area (Å²) in [7, 11) is 0. The fourth-order valence-corrected chi connectivity index (χ4v) is 1.39. The van der Waals surface area contributed by atoms with Crippen LogP contribution in [0.25, 0.3) is 10.9 Å². The number of rotatable bonds is 1. The van der Waals surface area contributed by atoms with Crippen molar-refractivity contribution in [3.8, 4) is 0 Å². The largest absolute Gasteiger partial charge is 0.361 e. The number of carbonyl (C=O) groups is 1.